The van der Waals surface area contributed by atoms with Gasteiger partial charge in [0.1, 0.15) is 11.2 Å². The summed E-state index contributed by atoms with van der Waals surface area (Å²) in [6.45, 7) is 3.29. The average Bonchev–Trinajstić information content (AvgIpc) is 2.98. The third kappa shape index (κ3) is 1.87. The fraction of sp³-hybridized carbons (Fsp3) is 0.636. The van der Waals surface area contributed by atoms with Gasteiger partial charge in [-0.25, -0.2) is 9.78 Å². The summed E-state index contributed by atoms with van der Waals surface area (Å²) in [5.74, 6) is -0.883. The minimum atomic E-state index is -4.34. The molecule has 100 valence electrons. The largest absolute Gasteiger partial charge is 0.461 e. The molecule has 1 fully saturated rings. The molecule has 1 aliphatic rings. The van der Waals surface area contributed by atoms with Gasteiger partial charge in [-0.2, -0.15) is 13.2 Å². The van der Waals surface area contributed by atoms with Crippen LogP contribution in [0.4, 0.5) is 13.2 Å². The first kappa shape index (κ1) is 12.9. The number of carbonyl (C=O) groups excluding carboxylic acids is 1. The van der Waals surface area contributed by atoms with Gasteiger partial charge >= 0.3 is 12.1 Å². The molecule has 0 atom stereocenters. The minimum absolute atomic E-state index is 0.00567. The maximum Gasteiger partial charge on any atom is 0.401 e. The SMILES string of the molecule is CCOC(=O)c1nc(C2(C(F)(F)F)CC2)[nH]c1C. The molecule has 1 aliphatic carbocycles. The van der Waals surface area contributed by atoms with E-state index in [0.717, 1.165) is 0 Å². The van der Waals surface area contributed by atoms with Crippen molar-refractivity contribution in [2.24, 2.45) is 0 Å². The van der Waals surface area contributed by atoms with Crippen molar-refractivity contribution in [3.8, 4) is 0 Å². The Kier molecular flexibility index (Phi) is 2.87. The topological polar surface area (TPSA) is 55.0 Å². The van der Waals surface area contributed by atoms with E-state index in [1.807, 2.05) is 0 Å². The van der Waals surface area contributed by atoms with Crippen molar-refractivity contribution in [2.45, 2.75) is 38.3 Å². The van der Waals surface area contributed by atoms with E-state index in [1.54, 1.807) is 6.92 Å². The lowest BCUT2D eigenvalue weighted by Gasteiger charge is -2.16. The van der Waals surface area contributed by atoms with Gasteiger partial charge in [0.05, 0.1) is 6.61 Å². The maximum atomic E-state index is 12.9. The first-order valence-corrected chi connectivity index (χ1v) is 5.63. The average molecular weight is 262 g/mol. The van der Waals surface area contributed by atoms with E-state index >= 15 is 0 Å². The number of nitrogens with zero attached hydrogens (tertiary/aromatic N) is 1. The number of hydrogen-bond acceptors (Lipinski definition) is 3. The Morgan fingerprint density at radius 1 is 1.50 bits per heavy atom. The molecule has 2 rings (SSSR count). The summed E-state index contributed by atoms with van der Waals surface area (Å²) < 4.78 is 43.4. The van der Waals surface area contributed by atoms with Crippen molar-refractivity contribution in [1.82, 2.24) is 9.97 Å². The van der Waals surface area contributed by atoms with Crippen LogP contribution in [0.3, 0.4) is 0 Å². The second kappa shape index (κ2) is 4.00. The molecule has 18 heavy (non-hydrogen) atoms. The van der Waals surface area contributed by atoms with Crippen LogP contribution < -0.4 is 0 Å². The number of aromatic nitrogens is 2. The zero-order valence-electron chi connectivity index (χ0n) is 10.0. The van der Waals surface area contributed by atoms with Crippen LogP contribution in [0, 0.1) is 6.92 Å². The van der Waals surface area contributed by atoms with Gasteiger partial charge in [-0.1, -0.05) is 0 Å². The van der Waals surface area contributed by atoms with E-state index in [4.69, 9.17) is 4.74 Å². The van der Waals surface area contributed by atoms with Crippen LogP contribution in [0.25, 0.3) is 0 Å². The lowest BCUT2D eigenvalue weighted by Crippen LogP contribution is -2.29. The summed E-state index contributed by atoms with van der Waals surface area (Å²) >= 11 is 0. The molecule has 0 aromatic carbocycles. The van der Waals surface area contributed by atoms with Crippen molar-refractivity contribution in [3.63, 3.8) is 0 Å². The molecule has 0 radical (unpaired) electrons. The lowest BCUT2D eigenvalue weighted by atomic mass is 10.1. The number of esters is 1. The number of alkyl halides is 3. The van der Waals surface area contributed by atoms with Gasteiger partial charge in [-0.15, -0.1) is 0 Å². The number of aromatic amines is 1. The Bertz CT molecular complexity index is 475. The molecular weight excluding hydrogens is 249 g/mol. The van der Waals surface area contributed by atoms with Crippen molar-refractivity contribution in [3.05, 3.63) is 17.2 Å². The number of H-pyrrole nitrogens is 1. The Morgan fingerprint density at radius 3 is 2.56 bits per heavy atom. The molecule has 1 aromatic heterocycles. The van der Waals surface area contributed by atoms with E-state index in [9.17, 15) is 18.0 Å². The van der Waals surface area contributed by atoms with Crippen LogP contribution in [-0.4, -0.2) is 28.7 Å². The smallest absolute Gasteiger partial charge is 0.401 e. The molecule has 0 spiro atoms. The van der Waals surface area contributed by atoms with Gasteiger partial charge in [0.15, 0.2) is 5.69 Å². The second-order valence-corrected chi connectivity index (χ2v) is 4.36. The third-order valence-corrected chi connectivity index (χ3v) is 3.10. The number of carbonyl (C=O) groups is 1. The normalized spacial score (nSPS) is 17.6. The van der Waals surface area contributed by atoms with E-state index < -0.39 is 17.6 Å². The number of rotatable bonds is 3. The fourth-order valence-corrected chi connectivity index (χ4v) is 1.86. The predicted molar refractivity (Wildman–Crippen MR) is 56.2 cm³/mol. The zero-order valence-corrected chi connectivity index (χ0v) is 10.0. The third-order valence-electron chi connectivity index (χ3n) is 3.10. The number of ether oxygens (including phenoxy) is 1. The molecule has 7 heteroatoms. The van der Waals surface area contributed by atoms with Gasteiger partial charge < -0.3 is 9.72 Å². The van der Waals surface area contributed by atoms with E-state index in [1.165, 1.54) is 6.92 Å². The van der Waals surface area contributed by atoms with Gasteiger partial charge in [0, 0.05) is 5.69 Å². The summed E-state index contributed by atoms with van der Waals surface area (Å²) in [4.78, 5) is 17.8. The van der Waals surface area contributed by atoms with Crippen molar-refractivity contribution in [2.75, 3.05) is 6.61 Å². The molecule has 1 heterocycles. The Balaban J connectivity index is 2.33. The lowest BCUT2D eigenvalue weighted by molar-refractivity contribution is -0.162. The molecule has 0 amide bonds. The highest BCUT2D eigenvalue weighted by Gasteiger charge is 2.66. The van der Waals surface area contributed by atoms with Gasteiger partial charge in [0.2, 0.25) is 0 Å². The van der Waals surface area contributed by atoms with Crippen LogP contribution in [-0.2, 0) is 10.2 Å². The summed E-state index contributed by atoms with van der Waals surface area (Å²) in [5.41, 5.74) is -1.66. The summed E-state index contributed by atoms with van der Waals surface area (Å²) in [6.07, 6.45) is -4.33. The van der Waals surface area contributed by atoms with Crippen LogP contribution in [0.5, 0.6) is 0 Å². The molecular formula is C11H13F3N2O2. The summed E-state index contributed by atoms with van der Waals surface area (Å²) in [7, 11) is 0. The summed E-state index contributed by atoms with van der Waals surface area (Å²) in [6, 6.07) is 0. The Hall–Kier alpha value is -1.53. The Labute approximate surface area is 102 Å². The molecule has 1 saturated carbocycles. The molecule has 0 saturated heterocycles. The van der Waals surface area contributed by atoms with Gasteiger partial charge in [0.25, 0.3) is 0 Å². The quantitative estimate of drug-likeness (QED) is 0.851. The highest BCUT2D eigenvalue weighted by Crippen LogP contribution is 2.58. The van der Waals surface area contributed by atoms with Crippen molar-refractivity contribution < 1.29 is 22.7 Å². The first-order valence-electron chi connectivity index (χ1n) is 5.63. The highest BCUT2D eigenvalue weighted by atomic mass is 19.4. The maximum absolute atomic E-state index is 12.9. The Morgan fingerprint density at radius 2 is 2.11 bits per heavy atom. The van der Waals surface area contributed by atoms with E-state index in [-0.39, 0.29) is 31.0 Å². The monoisotopic (exact) mass is 262 g/mol. The van der Waals surface area contributed by atoms with Gasteiger partial charge in [-0.05, 0) is 26.7 Å². The number of halogens is 3. The van der Waals surface area contributed by atoms with Crippen LogP contribution in [0.15, 0.2) is 0 Å². The predicted octanol–water partition coefficient (Wildman–Crippen LogP) is 2.49. The number of hydrogen-bond donors (Lipinski definition) is 1. The van der Waals surface area contributed by atoms with Crippen LogP contribution >= 0.6 is 0 Å². The highest BCUT2D eigenvalue weighted by molar-refractivity contribution is 5.88. The molecule has 4 nitrogen and oxygen atoms in total. The van der Waals surface area contributed by atoms with Crippen molar-refractivity contribution >= 4 is 5.97 Å². The van der Waals surface area contributed by atoms with Crippen LogP contribution in [0.1, 0.15) is 41.8 Å². The van der Waals surface area contributed by atoms with Gasteiger partial charge in [-0.3, -0.25) is 0 Å². The standard InChI is InChI=1S/C11H13F3N2O2/c1-3-18-8(17)7-6(2)15-9(16-7)10(4-5-10)11(12,13)14/h3-5H2,1-2H3,(H,15,16). The molecule has 0 unspecified atom stereocenters. The zero-order chi connectivity index (χ0) is 13.6. The number of imidazole rings is 1. The fourth-order valence-electron chi connectivity index (χ4n) is 1.86. The second-order valence-electron chi connectivity index (χ2n) is 4.36. The van der Waals surface area contributed by atoms with E-state index in [2.05, 4.69) is 9.97 Å². The van der Waals surface area contributed by atoms with Crippen LogP contribution in [0.2, 0.25) is 0 Å². The summed E-state index contributed by atoms with van der Waals surface area (Å²) in [5, 5.41) is 0. The van der Waals surface area contributed by atoms with Crippen molar-refractivity contribution in [1.29, 1.82) is 0 Å². The first-order chi connectivity index (χ1) is 8.32. The molecule has 0 bridgehead atoms. The molecule has 1 N–H and O–H groups in total. The number of nitrogens with one attached hydrogen (secondary N) is 1. The number of aryl methyl sites for hydroxylation is 1. The molecule has 0 aliphatic heterocycles. The molecule has 1 aromatic rings. The minimum Gasteiger partial charge on any atom is -0.461 e. The van der Waals surface area contributed by atoms with E-state index in [0.29, 0.717) is 5.69 Å².